The fourth-order valence-corrected chi connectivity index (χ4v) is 5.00. The van der Waals surface area contributed by atoms with Gasteiger partial charge in [-0.05, 0) is 42.5 Å². The predicted molar refractivity (Wildman–Crippen MR) is 114 cm³/mol. The Hall–Kier alpha value is -2.77. The number of nitrogens with one attached hydrogen (secondary N) is 1. The summed E-state index contributed by atoms with van der Waals surface area (Å²) in [6, 6.07) is 3.40. The number of ether oxygens (including phenoxy) is 2. The molecule has 2 fully saturated rings. The molecule has 0 aromatic heterocycles. The van der Waals surface area contributed by atoms with E-state index < -0.39 is 11.6 Å². The number of fused-ring (bicyclic) bond motifs is 1. The standard InChI is InChI=1S/C23H31N3O5/c1-30-18-12-16-8-11-25(14-17(16)13-19(18)31-2)20(27)15-26-21(28)23(24-22(26)29)9-6-4-3-5-7-10-23/h12-13H,3-11,14-15H2,1-2H3,(H,24,29). The van der Waals surface area contributed by atoms with Gasteiger partial charge in [-0.1, -0.05) is 32.1 Å². The van der Waals surface area contributed by atoms with Crippen molar-refractivity contribution in [2.45, 2.75) is 63.5 Å². The molecule has 3 aliphatic rings. The molecular formula is C23H31N3O5. The van der Waals surface area contributed by atoms with Gasteiger partial charge in [0.2, 0.25) is 5.91 Å². The van der Waals surface area contributed by atoms with Gasteiger partial charge in [0.05, 0.1) is 14.2 Å². The lowest BCUT2D eigenvalue weighted by Crippen LogP contribution is -2.48. The van der Waals surface area contributed by atoms with Crippen molar-refractivity contribution in [1.29, 1.82) is 0 Å². The highest BCUT2D eigenvalue weighted by atomic mass is 16.5. The highest BCUT2D eigenvalue weighted by molar-refractivity contribution is 6.09. The number of hydrogen-bond acceptors (Lipinski definition) is 5. The molecule has 0 radical (unpaired) electrons. The van der Waals surface area contributed by atoms with Gasteiger partial charge < -0.3 is 19.7 Å². The van der Waals surface area contributed by atoms with Crippen LogP contribution in [-0.2, 0) is 22.6 Å². The van der Waals surface area contributed by atoms with Crippen LogP contribution >= 0.6 is 0 Å². The van der Waals surface area contributed by atoms with Gasteiger partial charge in [-0.25, -0.2) is 4.79 Å². The summed E-state index contributed by atoms with van der Waals surface area (Å²) in [4.78, 5) is 41.6. The smallest absolute Gasteiger partial charge is 0.325 e. The van der Waals surface area contributed by atoms with Crippen molar-refractivity contribution in [2.24, 2.45) is 0 Å². The third kappa shape index (κ3) is 4.07. The molecule has 0 unspecified atom stereocenters. The van der Waals surface area contributed by atoms with E-state index in [0.717, 1.165) is 41.7 Å². The zero-order chi connectivity index (χ0) is 22.0. The molecule has 8 heteroatoms. The second-order valence-corrected chi connectivity index (χ2v) is 8.71. The van der Waals surface area contributed by atoms with Crippen LogP contribution in [0.25, 0.3) is 0 Å². The van der Waals surface area contributed by atoms with Crippen LogP contribution < -0.4 is 14.8 Å². The van der Waals surface area contributed by atoms with Gasteiger partial charge in [-0.3, -0.25) is 14.5 Å². The Balaban J connectivity index is 1.45. The summed E-state index contributed by atoms with van der Waals surface area (Å²) in [5.74, 6) is 0.837. The van der Waals surface area contributed by atoms with Gasteiger partial charge in [-0.15, -0.1) is 0 Å². The summed E-state index contributed by atoms with van der Waals surface area (Å²) in [6.07, 6.45) is 7.15. The first-order valence-electron chi connectivity index (χ1n) is 11.1. The summed E-state index contributed by atoms with van der Waals surface area (Å²) >= 11 is 0. The topological polar surface area (TPSA) is 88.2 Å². The van der Waals surface area contributed by atoms with Crippen LogP contribution in [0.1, 0.15) is 56.1 Å². The number of rotatable bonds is 4. The van der Waals surface area contributed by atoms with Crippen LogP contribution in [0, 0.1) is 0 Å². The zero-order valence-corrected chi connectivity index (χ0v) is 18.4. The van der Waals surface area contributed by atoms with Crippen LogP contribution in [-0.4, -0.2) is 60.5 Å². The molecule has 4 amide bonds. The molecule has 1 saturated heterocycles. The molecule has 0 bridgehead atoms. The number of methoxy groups -OCH3 is 2. The van der Waals surface area contributed by atoms with Crippen molar-refractivity contribution in [2.75, 3.05) is 27.3 Å². The van der Waals surface area contributed by atoms with Crippen LogP contribution in [0.15, 0.2) is 12.1 Å². The molecular weight excluding hydrogens is 398 g/mol. The fourth-order valence-electron chi connectivity index (χ4n) is 5.00. The average molecular weight is 430 g/mol. The molecule has 2 heterocycles. The van der Waals surface area contributed by atoms with Crippen LogP contribution in [0.2, 0.25) is 0 Å². The number of nitrogens with zero attached hydrogens (tertiary/aromatic N) is 2. The molecule has 168 valence electrons. The molecule has 4 rings (SSSR count). The van der Waals surface area contributed by atoms with Crippen LogP contribution in [0.5, 0.6) is 11.5 Å². The SMILES string of the molecule is COc1cc2c(cc1OC)CN(C(=O)CN1C(=O)NC3(CCCCCCC3)C1=O)CC2. The Kier molecular flexibility index (Phi) is 6.07. The Bertz CT molecular complexity index is 876. The van der Waals surface area contributed by atoms with Gasteiger partial charge in [-0.2, -0.15) is 0 Å². The number of urea groups is 1. The van der Waals surface area contributed by atoms with E-state index in [2.05, 4.69) is 5.32 Å². The van der Waals surface area contributed by atoms with Gasteiger partial charge in [0.15, 0.2) is 11.5 Å². The third-order valence-corrected chi connectivity index (χ3v) is 6.82. The van der Waals surface area contributed by atoms with Crippen molar-refractivity contribution < 1.29 is 23.9 Å². The highest BCUT2D eigenvalue weighted by Crippen LogP contribution is 2.34. The van der Waals surface area contributed by atoms with E-state index in [4.69, 9.17) is 9.47 Å². The minimum Gasteiger partial charge on any atom is -0.493 e. The maximum Gasteiger partial charge on any atom is 0.325 e. The lowest BCUT2D eigenvalue weighted by Gasteiger charge is -2.31. The molecule has 8 nitrogen and oxygen atoms in total. The Morgan fingerprint density at radius 1 is 1.00 bits per heavy atom. The number of carbonyl (C=O) groups excluding carboxylic acids is 3. The van der Waals surface area contributed by atoms with E-state index >= 15 is 0 Å². The van der Waals surface area contributed by atoms with E-state index in [-0.39, 0.29) is 18.4 Å². The molecule has 1 spiro atoms. The van der Waals surface area contributed by atoms with Crippen molar-refractivity contribution >= 4 is 17.8 Å². The van der Waals surface area contributed by atoms with E-state index in [1.165, 1.54) is 6.42 Å². The highest BCUT2D eigenvalue weighted by Gasteiger charge is 2.51. The van der Waals surface area contributed by atoms with Gasteiger partial charge in [0.25, 0.3) is 5.91 Å². The molecule has 1 N–H and O–H groups in total. The lowest BCUT2D eigenvalue weighted by atomic mass is 9.84. The number of benzene rings is 1. The van der Waals surface area contributed by atoms with Crippen molar-refractivity contribution in [3.05, 3.63) is 23.3 Å². The minimum atomic E-state index is -0.823. The van der Waals surface area contributed by atoms with Gasteiger partial charge >= 0.3 is 6.03 Å². The van der Waals surface area contributed by atoms with Gasteiger partial charge in [0, 0.05) is 13.1 Å². The second-order valence-electron chi connectivity index (χ2n) is 8.71. The number of amides is 4. The Labute approximate surface area is 182 Å². The predicted octanol–water partition coefficient (Wildman–Crippen LogP) is 2.62. The average Bonchev–Trinajstić information content (AvgIpc) is 2.99. The van der Waals surface area contributed by atoms with E-state index in [9.17, 15) is 14.4 Å². The first kappa shape index (κ1) is 21.5. The lowest BCUT2D eigenvalue weighted by molar-refractivity contribution is -0.139. The zero-order valence-electron chi connectivity index (χ0n) is 18.4. The number of imide groups is 1. The quantitative estimate of drug-likeness (QED) is 0.744. The first-order valence-corrected chi connectivity index (χ1v) is 11.1. The van der Waals surface area contributed by atoms with Crippen LogP contribution in [0.4, 0.5) is 4.79 Å². The summed E-state index contributed by atoms with van der Waals surface area (Å²) in [7, 11) is 3.18. The summed E-state index contributed by atoms with van der Waals surface area (Å²) in [5, 5.41) is 2.92. The van der Waals surface area contributed by atoms with E-state index in [0.29, 0.717) is 43.9 Å². The Morgan fingerprint density at radius 3 is 2.26 bits per heavy atom. The summed E-state index contributed by atoms with van der Waals surface area (Å²) in [5.41, 5.74) is 1.28. The van der Waals surface area contributed by atoms with E-state index in [1.807, 2.05) is 12.1 Å². The first-order chi connectivity index (χ1) is 15.0. The van der Waals surface area contributed by atoms with Crippen molar-refractivity contribution in [3.63, 3.8) is 0 Å². The largest absolute Gasteiger partial charge is 0.493 e. The number of carbonyl (C=O) groups is 3. The van der Waals surface area contributed by atoms with Crippen molar-refractivity contribution in [3.8, 4) is 11.5 Å². The van der Waals surface area contributed by atoms with Crippen molar-refractivity contribution in [1.82, 2.24) is 15.1 Å². The molecule has 1 aliphatic carbocycles. The third-order valence-electron chi connectivity index (χ3n) is 6.82. The molecule has 1 aromatic rings. The second kappa shape index (κ2) is 8.77. The minimum absolute atomic E-state index is 0.213. The normalized spacial score (nSPS) is 20.7. The molecule has 1 saturated carbocycles. The molecule has 2 aliphatic heterocycles. The van der Waals surface area contributed by atoms with E-state index in [1.54, 1.807) is 19.1 Å². The molecule has 31 heavy (non-hydrogen) atoms. The monoisotopic (exact) mass is 429 g/mol. The summed E-state index contributed by atoms with van der Waals surface area (Å²) in [6.45, 7) is 0.745. The molecule has 0 atom stereocenters. The Morgan fingerprint density at radius 2 is 1.61 bits per heavy atom. The molecule has 1 aromatic carbocycles. The maximum atomic E-state index is 13.2. The van der Waals surface area contributed by atoms with Crippen LogP contribution in [0.3, 0.4) is 0 Å². The number of hydrogen-bond donors (Lipinski definition) is 1. The van der Waals surface area contributed by atoms with Gasteiger partial charge in [0.1, 0.15) is 12.1 Å². The maximum absolute atomic E-state index is 13.2. The fraction of sp³-hybridized carbons (Fsp3) is 0.609. The summed E-state index contributed by atoms with van der Waals surface area (Å²) < 4.78 is 10.7.